The minimum Gasteiger partial charge on any atom is -0.495 e. The van der Waals surface area contributed by atoms with Crippen LogP contribution in [0.25, 0.3) is 0 Å². The van der Waals surface area contributed by atoms with Crippen LogP contribution in [0.4, 0.5) is 5.69 Å². The number of hydrogen-bond acceptors (Lipinski definition) is 7. The first-order valence-corrected chi connectivity index (χ1v) is 12.2. The molecule has 2 amide bonds. The zero-order valence-corrected chi connectivity index (χ0v) is 20.7. The van der Waals surface area contributed by atoms with Crippen molar-refractivity contribution >= 4 is 61.3 Å². The van der Waals surface area contributed by atoms with Crippen LogP contribution < -0.4 is 20.2 Å². The van der Waals surface area contributed by atoms with Gasteiger partial charge in [-0.25, -0.2) is 18.6 Å². The maximum absolute atomic E-state index is 12.3. The summed E-state index contributed by atoms with van der Waals surface area (Å²) in [5.74, 6) is -0.992. The number of methoxy groups -OCH3 is 1. The van der Waals surface area contributed by atoms with Gasteiger partial charge in [0.05, 0.1) is 29.8 Å². The molecular weight excluding hydrogens is 552 g/mol. The predicted octanol–water partition coefficient (Wildman–Crippen LogP) is 3.27. The van der Waals surface area contributed by atoms with Crippen LogP contribution >= 0.6 is 27.5 Å². The molecule has 0 unspecified atom stereocenters. The lowest BCUT2D eigenvalue weighted by molar-refractivity contribution is -0.136. The molecule has 0 bridgehead atoms. The molecule has 0 aliphatic heterocycles. The normalized spacial score (nSPS) is 11.4. The van der Waals surface area contributed by atoms with Crippen LogP contribution in [0.2, 0.25) is 5.02 Å². The number of sulfonamides is 1. The van der Waals surface area contributed by atoms with Crippen molar-refractivity contribution in [2.24, 2.45) is 5.10 Å². The number of hydrazone groups is 1. The molecule has 3 N–H and O–H groups in total. The Balaban J connectivity index is 1.50. The van der Waals surface area contributed by atoms with Gasteiger partial charge in [-0.1, -0.05) is 27.5 Å². The third-order valence-electron chi connectivity index (χ3n) is 4.22. The number of carbonyl (C=O) groups is 2. The average molecular weight is 570 g/mol. The Kier molecular flexibility index (Phi) is 8.45. The van der Waals surface area contributed by atoms with E-state index < -0.39 is 21.8 Å². The predicted molar refractivity (Wildman–Crippen MR) is 129 cm³/mol. The summed E-state index contributed by atoms with van der Waals surface area (Å²) < 4.78 is 38.3. The van der Waals surface area contributed by atoms with Crippen LogP contribution in [0.3, 0.4) is 0 Å². The first-order chi connectivity index (χ1) is 16.2. The Morgan fingerprint density at radius 3 is 2.53 bits per heavy atom. The zero-order chi connectivity index (χ0) is 24.7. The fourth-order valence-electron chi connectivity index (χ4n) is 2.56. The zero-order valence-electron chi connectivity index (χ0n) is 17.5. The van der Waals surface area contributed by atoms with E-state index in [1.807, 2.05) is 0 Å². The molecule has 10 nitrogen and oxygen atoms in total. The van der Waals surface area contributed by atoms with Crippen molar-refractivity contribution in [1.82, 2.24) is 10.1 Å². The summed E-state index contributed by atoms with van der Waals surface area (Å²) in [7, 11) is -2.26. The van der Waals surface area contributed by atoms with Gasteiger partial charge >= 0.3 is 11.8 Å². The molecular formula is C21H18BrClN4O6S. The van der Waals surface area contributed by atoms with Gasteiger partial charge in [0.2, 0.25) is 10.0 Å². The fraction of sp³-hybridized carbons (Fsp3) is 0.0952. The number of amides is 2. The van der Waals surface area contributed by atoms with E-state index in [0.29, 0.717) is 17.2 Å². The Morgan fingerprint density at radius 2 is 1.85 bits per heavy atom. The third-order valence-corrected chi connectivity index (χ3v) is 6.46. The van der Waals surface area contributed by atoms with Gasteiger partial charge in [-0.05, 0) is 54.6 Å². The second kappa shape index (κ2) is 11.3. The molecule has 34 heavy (non-hydrogen) atoms. The highest BCUT2D eigenvalue weighted by Crippen LogP contribution is 2.27. The number of furan rings is 1. The number of carbonyl (C=O) groups excluding carboxylic acids is 2. The summed E-state index contributed by atoms with van der Waals surface area (Å²) in [6.45, 7) is -0.0918. The maximum Gasteiger partial charge on any atom is 0.329 e. The van der Waals surface area contributed by atoms with Crippen molar-refractivity contribution in [2.75, 3.05) is 12.4 Å². The van der Waals surface area contributed by atoms with Crippen molar-refractivity contribution in [2.45, 2.75) is 11.4 Å². The van der Waals surface area contributed by atoms with E-state index in [9.17, 15) is 18.0 Å². The lowest BCUT2D eigenvalue weighted by Crippen LogP contribution is -2.32. The average Bonchev–Trinajstić information content (AvgIpc) is 3.26. The van der Waals surface area contributed by atoms with E-state index in [-0.39, 0.29) is 22.2 Å². The van der Waals surface area contributed by atoms with Gasteiger partial charge in [0.15, 0.2) is 0 Å². The summed E-state index contributed by atoms with van der Waals surface area (Å²) in [4.78, 5) is 24.0. The molecule has 1 aromatic heterocycles. The second-order valence-electron chi connectivity index (χ2n) is 6.59. The van der Waals surface area contributed by atoms with Gasteiger partial charge in [0.25, 0.3) is 0 Å². The standard InChI is InChI=1S/C21H18BrClN4O6S/c1-32-19-9-4-14(10-18(19)23)26-20(28)21(29)27-24-11-15-5-6-16(33-15)12-25-34(30,31)17-7-2-13(22)3-8-17/h2-11,25H,12H2,1H3,(H,26,28)(H,27,29)/b24-11+. The molecule has 0 spiro atoms. The molecule has 13 heteroatoms. The van der Waals surface area contributed by atoms with Crippen LogP contribution in [0.1, 0.15) is 11.5 Å². The molecule has 0 saturated carbocycles. The highest BCUT2D eigenvalue weighted by atomic mass is 79.9. The van der Waals surface area contributed by atoms with Crippen LogP contribution in [0, 0.1) is 0 Å². The van der Waals surface area contributed by atoms with Crippen molar-refractivity contribution in [3.05, 3.63) is 75.6 Å². The fourth-order valence-corrected chi connectivity index (χ4v) is 4.07. The number of halogens is 2. The van der Waals surface area contributed by atoms with E-state index >= 15 is 0 Å². The molecule has 0 aliphatic rings. The molecule has 0 aliphatic carbocycles. The van der Waals surface area contributed by atoms with Crippen molar-refractivity contribution in [1.29, 1.82) is 0 Å². The quantitative estimate of drug-likeness (QED) is 0.216. The first kappa shape index (κ1) is 25.4. The number of nitrogens with zero attached hydrogens (tertiary/aromatic N) is 1. The smallest absolute Gasteiger partial charge is 0.329 e. The lowest BCUT2D eigenvalue weighted by Gasteiger charge is -2.07. The highest BCUT2D eigenvalue weighted by molar-refractivity contribution is 9.10. The maximum atomic E-state index is 12.3. The van der Waals surface area contributed by atoms with Gasteiger partial charge < -0.3 is 14.5 Å². The molecule has 178 valence electrons. The number of nitrogens with one attached hydrogen (secondary N) is 3. The first-order valence-electron chi connectivity index (χ1n) is 9.50. The minimum atomic E-state index is -3.72. The summed E-state index contributed by atoms with van der Waals surface area (Å²) >= 11 is 9.23. The van der Waals surface area contributed by atoms with Crippen molar-refractivity contribution in [3.8, 4) is 5.75 Å². The monoisotopic (exact) mass is 568 g/mol. The van der Waals surface area contributed by atoms with E-state index in [2.05, 4.69) is 36.5 Å². The Hall–Kier alpha value is -3.19. The number of ether oxygens (including phenoxy) is 1. The van der Waals surface area contributed by atoms with E-state index in [1.165, 1.54) is 43.7 Å². The largest absolute Gasteiger partial charge is 0.495 e. The second-order valence-corrected chi connectivity index (χ2v) is 9.67. The Labute approximate surface area is 208 Å². The molecule has 0 radical (unpaired) electrons. The van der Waals surface area contributed by atoms with Gasteiger partial charge in [0, 0.05) is 10.2 Å². The van der Waals surface area contributed by atoms with Gasteiger partial charge in [-0.15, -0.1) is 0 Å². The Bertz CT molecular complexity index is 1330. The minimum absolute atomic E-state index is 0.0918. The van der Waals surface area contributed by atoms with E-state index in [0.717, 1.165) is 4.47 Å². The summed E-state index contributed by atoms with van der Waals surface area (Å²) in [5, 5.41) is 6.31. The summed E-state index contributed by atoms with van der Waals surface area (Å²) in [5.41, 5.74) is 2.37. The summed E-state index contributed by atoms with van der Waals surface area (Å²) in [6.07, 6.45) is 1.17. The molecule has 3 rings (SSSR count). The van der Waals surface area contributed by atoms with Crippen LogP contribution in [0.5, 0.6) is 5.75 Å². The van der Waals surface area contributed by atoms with E-state index in [1.54, 1.807) is 24.3 Å². The number of hydrogen-bond donors (Lipinski definition) is 3. The third kappa shape index (κ3) is 6.90. The van der Waals surface area contributed by atoms with Crippen molar-refractivity contribution in [3.63, 3.8) is 0 Å². The number of benzene rings is 2. The van der Waals surface area contributed by atoms with Gasteiger partial charge in [0.1, 0.15) is 17.3 Å². The van der Waals surface area contributed by atoms with Crippen molar-refractivity contribution < 1.29 is 27.2 Å². The SMILES string of the molecule is COc1ccc(NC(=O)C(=O)N/N=C/c2ccc(CNS(=O)(=O)c3ccc(Br)cc3)o2)cc1Cl. The van der Waals surface area contributed by atoms with Crippen LogP contribution in [-0.4, -0.2) is 33.6 Å². The molecule has 0 atom stereocenters. The lowest BCUT2D eigenvalue weighted by atomic mass is 10.3. The number of rotatable bonds is 8. The van der Waals surface area contributed by atoms with Gasteiger partial charge in [-0.2, -0.15) is 5.10 Å². The molecule has 0 saturated heterocycles. The topological polar surface area (TPSA) is 139 Å². The molecule has 2 aromatic carbocycles. The van der Waals surface area contributed by atoms with E-state index in [4.69, 9.17) is 20.8 Å². The van der Waals surface area contributed by atoms with Crippen LogP contribution in [-0.2, 0) is 26.2 Å². The Morgan fingerprint density at radius 1 is 1.12 bits per heavy atom. The van der Waals surface area contributed by atoms with Crippen LogP contribution in [0.15, 0.2) is 73.5 Å². The molecule has 3 aromatic rings. The molecule has 1 heterocycles. The van der Waals surface area contributed by atoms with Gasteiger partial charge in [-0.3, -0.25) is 9.59 Å². The molecule has 0 fully saturated rings. The highest BCUT2D eigenvalue weighted by Gasteiger charge is 2.15. The number of anilines is 1. The summed E-state index contributed by atoms with van der Waals surface area (Å²) in [6, 6.07) is 13.8.